The molecular formula is C16H19NO2. The van der Waals surface area contributed by atoms with Crippen molar-refractivity contribution in [3.05, 3.63) is 47.7 Å². The highest BCUT2D eigenvalue weighted by Gasteiger charge is 2.07. The predicted octanol–water partition coefficient (Wildman–Crippen LogP) is 3.64. The molecule has 3 heteroatoms. The first-order chi connectivity index (χ1) is 9.06. The molecule has 2 rings (SSSR count). The van der Waals surface area contributed by atoms with Crippen molar-refractivity contribution in [1.29, 1.82) is 0 Å². The minimum Gasteiger partial charge on any atom is -0.481 e. The molecule has 100 valence electrons. The molecule has 0 aliphatic rings. The monoisotopic (exact) mass is 257 g/mol. The molecule has 2 aromatic rings. The first-order valence-corrected chi connectivity index (χ1v) is 6.52. The van der Waals surface area contributed by atoms with Gasteiger partial charge in [0.15, 0.2) is 0 Å². The van der Waals surface area contributed by atoms with E-state index in [2.05, 4.69) is 54.9 Å². The molecule has 1 N–H and O–H groups in total. The van der Waals surface area contributed by atoms with Crippen molar-refractivity contribution in [1.82, 2.24) is 4.57 Å². The van der Waals surface area contributed by atoms with Gasteiger partial charge in [-0.15, -0.1) is 0 Å². The molecule has 19 heavy (non-hydrogen) atoms. The highest BCUT2D eigenvalue weighted by molar-refractivity contribution is 5.66. The lowest BCUT2D eigenvalue weighted by atomic mass is 10.1. The SMILES string of the molecule is Cc1ccc(-c2cc(C)cn2CCCC(=O)O)cc1. The van der Waals surface area contributed by atoms with Gasteiger partial charge in [-0.25, -0.2) is 0 Å². The summed E-state index contributed by atoms with van der Waals surface area (Å²) in [6.07, 6.45) is 2.95. The molecule has 1 aromatic heterocycles. The summed E-state index contributed by atoms with van der Waals surface area (Å²) in [5.74, 6) is -0.735. The first-order valence-electron chi connectivity index (χ1n) is 6.52. The van der Waals surface area contributed by atoms with Crippen LogP contribution < -0.4 is 0 Å². The van der Waals surface area contributed by atoms with Gasteiger partial charge in [-0.05, 0) is 37.5 Å². The van der Waals surface area contributed by atoms with Crippen molar-refractivity contribution in [3.8, 4) is 11.3 Å². The van der Waals surface area contributed by atoms with E-state index in [4.69, 9.17) is 5.11 Å². The minimum absolute atomic E-state index is 0.213. The number of aliphatic carboxylic acids is 1. The summed E-state index contributed by atoms with van der Waals surface area (Å²) in [5.41, 5.74) is 4.77. The van der Waals surface area contributed by atoms with Crippen molar-refractivity contribution in [2.24, 2.45) is 0 Å². The molecule has 0 saturated carbocycles. The number of carbonyl (C=O) groups is 1. The Morgan fingerprint density at radius 2 is 1.84 bits per heavy atom. The average molecular weight is 257 g/mol. The van der Waals surface area contributed by atoms with Crippen molar-refractivity contribution in [2.75, 3.05) is 0 Å². The van der Waals surface area contributed by atoms with Crippen molar-refractivity contribution >= 4 is 5.97 Å². The quantitative estimate of drug-likeness (QED) is 0.888. The Balaban J connectivity index is 2.20. The summed E-state index contributed by atoms with van der Waals surface area (Å²) < 4.78 is 2.14. The van der Waals surface area contributed by atoms with Crippen molar-refractivity contribution in [2.45, 2.75) is 33.2 Å². The van der Waals surface area contributed by atoms with Gasteiger partial charge in [-0.3, -0.25) is 4.79 Å². The van der Waals surface area contributed by atoms with E-state index < -0.39 is 5.97 Å². The fourth-order valence-corrected chi connectivity index (χ4v) is 2.21. The maximum atomic E-state index is 10.6. The molecule has 0 unspecified atom stereocenters. The molecule has 3 nitrogen and oxygen atoms in total. The molecule has 0 fully saturated rings. The second-order valence-corrected chi connectivity index (χ2v) is 4.96. The van der Waals surface area contributed by atoms with Crippen LogP contribution >= 0.6 is 0 Å². The van der Waals surface area contributed by atoms with E-state index in [0.717, 1.165) is 12.2 Å². The standard InChI is InChI=1S/C16H19NO2/c1-12-5-7-14(8-6-12)15-10-13(2)11-17(15)9-3-4-16(18)19/h5-8,10-11H,3-4,9H2,1-2H3,(H,18,19). The van der Waals surface area contributed by atoms with Crippen LogP contribution in [0.4, 0.5) is 0 Å². The number of hydrogen-bond acceptors (Lipinski definition) is 1. The number of aromatic nitrogens is 1. The molecule has 0 radical (unpaired) electrons. The third-order valence-electron chi connectivity index (χ3n) is 3.17. The van der Waals surface area contributed by atoms with E-state index >= 15 is 0 Å². The molecule has 0 aliphatic heterocycles. The van der Waals surface area contributed by atoms with Gasteiger partial charge in [-0.2, -0.15) is 0 Å². The van der Waals surface area contributed by atoms with Gasteiger partial charge in [0.25, 0.3) is 0 Å². The Kier molecular flexibility index (Phi) is 4.05. The van der Waals surface area contributed by atoms with E-state index in [1.807, 2.05) is 0 Å². The molecule has 0 saturated heterocycles. The van der Waals surface area contributed by atoms with Crippen LogP contribution in [0.5, 0.6) is 0 Å². The maximum Gasteiger partial charge on any atom is 0.303 e. The van der Waals surface area contributed by atoms with Gasteiger partial charge in [0.05, 0.1) is 0 Å². The van der Waals surface area contributed by atoms with Gasteiger partial charge >= 0.3 is 5.97 Å². The minimum atomic E-state index is -0.735. The van der Waals surface area contributed by atoms with E-state index in [-0.39, 0.29) is 6.42 Å². The van der Waals surface area contributed by atoms with Crippen LogP contribution in [-0.2, 0) is 11.3 Å². The van der Waals surface area contributed by atoms with Crippen LogP contribution in [0, 0.1) is 13.8 Å². The van der Waals surface area contributed by atoms with E-state index in [1.165, 1.54) is 16.7 Å². The second-order valence-electron chi connectivity index (χ2n) is 4.96. The van der Waals surface area contributed by atoms with Crippen LogP contribution in [0.15, 0.2) is 36.5 Å². The zero-order valence-corrected chi connectivity index (χ0v) is 11.4. The molecule has 0 amide bonds. The predicted molar refractivity (Wildman–Crippen MR) is 76.2 cm³/mol. The smallest absolute Gasteiger partial charge is 0.303 e. The molecule has 1 heterocycles. The van der Waals surface area contributed by atoms with Crippen LogP contribution in [-0.4, -0.2) is 15.6 Å². The lowest BCUT2D eigenvalue weighted by molar-refractivity contribution is -0.137. The Bertz CT molecular complexity index is 567. The summed E-state index contributed by atoms with van der Waals surface area (Å²) in [4.78, 5) is 10.6. The fourth-order valence-electron chi connectivity index (χ4n) is 2.21. The van der Waals surface area contributed by atoms with Gasteiger partial charge in [0.2, 0.25) is 0 Å². The molecular weight excluding hydrogens is 238 g/mol. The third-order valence-corrected chi connectivity index (χ3v) is 3.17. The summed E-state index contributed by atoms with van der Waals surface area (Å²) in [7, 11) is 0. The average Bonchev–Trinajstić information content (AvgIpc) is 2.71. The maximum absolute atomic E-state index is 10.6. The van der Waals surface area contributed by atoms with Crippen molar-refractivity contribution in [3.63, 3.8) is 0 Å². The molecule has 0 aliphatic carbocycles. The topological polar surface area (TPSA) is 42.2 Å². The van der Waals surface area contributed by atoms with Gasteiger partial charge in [-0.1, -0.05) is 29.8 Å². The number of aryl methyl sites for hydroxylation is 3. The van der Waals surface area contributed by atoms with Crippen LogP contribution in [0.25, 0.3) is 11.3 Å². The van der Waals surface area contributed by atoms with E-state index in [0.29, 0.717) is 6.42 Å². The second kappa shape index (κ2) is 5.74. The fraction of sp³-hybridized carbons (Fsp3) is 0.312. The van der Waals surface area contributed by atoms with Crippen LogP contribution in [0.1, 0.15) is 24.0 Å². The molecule has 0 spiro atoms. The zero-order valence-electron chi connectivity index (χ0n) is 11.4. The molecule has 1 aromatic carbocycles. The molecule has 0 atom stereocenters. The summed E-state index contributed by atoms with van der Waals surface area (Å²) >= 11 is 0. The highest BCUT2D eigenvalue weighted by atomic mass is 16.4. The lowest BCUT2D eigenvalue weighted by Crippen LogP contribution is -2.02. The highest BCUT2D eigenvalue weighted by Crippen LogP contribution is 2.23. The number of hydrogen-bond donors (Lipinski definition) is 1. The Morgan fingerprint density at radius 3 is 2.47 bits per heavy atom. The van der Waals surface area contributed by atoms with Crippen LogP contribution in [0.3, 0.4) is 0 Å². The van der Waals surface area contributed by atoms with Gasteiger partial charge in [0, 0.05) is 24.9 Å². The van der Waals surface area contributed by atoms with Gasteiger partial charge < -0.3 is 9.67 Å². The van der Waals surface area contributed by atoms with E-state index in [9.17, 15) is 4.79 Å². The third kappa shape index (κ3) is 3.47. The van der Waals surface area contributed by atoms with Crippen LogP contribution in [0.2, 0.25) is 0 Å². The Labute approximate surface area is 113 Å². The normalized spacial score (nSPS) is 10.6. The van der Waals surface area contributed by atoms with Crippen molar-refractivity contribution < 1.29 is 9.90 Å². The lowest BCUT2D eigenvalue weighted by Gasteiger charge is -2.09. The molecule has 0 bridgehead atoms. The summed E-state index contributed by atoms with van der Waals surface area (Å²) in [6, 6.07) is 10.6. The Hall–Kier alpha value is -2.03. The largest absolute Gasteiger partial charge is 0.481 e. The summed E-state index contributed by atoms with van der Waals surface area (Å²) in [6.45, 7) is 4.87. The number of nitrogens with zero attached hydrogens (tertiary/aromatic N) is 1. The number of carboxylic acid groups (broad SMARTS) is 1. The van der Waals surface area contributed by atoms with Gasteiger partial charge in [0.1, 0.15) is 0 Å². The van der Waals surface area contributed by atoms with E-state index in [1.54, 1.807) is 0 Å². The zero-order chi connectivity index (χ0) is 13.8. The number of carboxylic acids is 1. The number of benzene rings is 1. The first kappa shape index (κ1) is 13.4. The summed E-state index contributed by atoms with van der Waals surface area (Å²) in [5, 5.41) is 8.70. The Morgan fingerprint density at radius 1 is 1.16 bits per heavy atom. The number of rotatable bonds is 5.